The molecule has 3 nitrogen and oxygen atoms in total. The second-order valence-corrected chi connectivity index (χ2v) is 3.41. The molecule has 15 heavy (non-hydrogen) atoms. The molecule has 4 heteroatoms. The van der Waals surface area contributed by atoms with Crippen molar-refractivity contribution in [2.45, 2.75) is 13.5 Å². The molecule has 0 saturated carbocycles. The fraction of sp³-hybridized carbons (Fsp3) is 0.455. The summed E-state index contributed by atoms with van der Waals surface area (Å²) in [6, 6.07) is 5.51. The van der Waals surface area contributed by atoms with Gasteiger partial charge in [-0.2, -0.15) is 0 Å². The number of benzene rings is 1. The van der Waals surface area contributed by atoms with Gasteiger partial charge in [-0.25, -0.2) is 0 Å². The highest BCUT2D eigenvalue weighted by Crippen LogP contribution is 2.21. The van der Waals surface area contributed by atoms with E-state index in [0.29, 0.717) is 31.4 Å². The fourth-order valence-electron chi connectivity index (χ4n) is 1.15. The summed E-state index contributed by atoms with van der Waals surface area (Å²) in [5.41, 5.74) is 6.42. The summed E-state index contributed by atoms with van der Waals surface area (Å²) in [4.78, 5) is 0. The molecule has 1 aromatic carbocycles. The Hall–Kier alpha value is -0.770. The normalized spacial score (nSPS) is 10.3. The van der Waals surface area contributed by atoms with E-state index in [1.807, 2.05) is 19.1 Å². The molecule has 0 amide bonds. The van der Waals surface area contributed by atoms with Crippen molar-refractivity contribution in [3.05, 3.63) is 28.8 Å². The molecule has 0 saturated heterocycles. The molecule has 0 radical (unpaired) electrons. The lowest BCUT2D eigenvalue weighted by Crippen LogP contribution is -2.06. The first-order chi connectivity index (χ1) is 7.27. The first-order valence-corrected chi connectivity index (χ1v) is 5.34. The predicted molar refractivity (Wildman–Crippen MR) is 61.3 cm³/mol. The molecular weight excluding hydrogens is 214 g/mol. The molecule has 0 aliphatic rings. The zero-order chi connectivity index (χ0) is 11.1. The van der Waals surface area contributed by atoms with Gasteiger partial charge in [0, 0.05) is 18.2 Å². The first-order valence-electron chi connectivity index (χ1n) is 4.97. The molecule has 0 aromatic heterocycles. The summed E-state index contributed by atoms with van der Waals surface area (Å²) in [6.45, 7) is 4.22. The van der Waals surface area contributed by atoms with Crippen LogP contribution < -0.4 is 10.5 Å². The van der Waals surface area contributed by atoms with Crippen LogP contribution in [0.25, 0.3) is 0 Å². The molecule has 0 spiro atoms. The lowest BCUT2D eigenvalue weighted by atomic mass is 10.2. The van der Waals surface area contributed by atoms with Crippen molar-refractivity contribution in [2.24, 2.45) is 5.73 Å². The monoisotopic (exact) mass is 229 g/mol. The highest BCUT2D eigenvalue weighted by Gasteiger charge is 2.00. The van der Waals surface area contributed by atoms with Crippen LogP contribution in [0.1, 0.15) is 12.5 Å². The van der Waals surface area contributed by atoms with E-state index in [4.69, 9.17) is 26.8 Å². The van der Waals surface area contributed by atoms with Crippen molar-refractivity contribution >= 4 is 11.6 Å². The van der Waals surface area contributed by atoms with Gasteiger partial charge in [0.25, 0.3) is 0 Å². The van der Waals surface area contributed by atoms with E-state index in [-0.39, 0.29) is 0 Å². The highest BCUT2D eigenvalue weighted by molar-refractivity contribution is 6.31. The number of rotatable bonds is 6. The van der Waals surface area contributed by atoms with E-state index in [1.165, 1.54) is 0 Å². The van der Waals surface area contributed by atoms with Crippen LogP contribution in [0.5, 0.6) is 5.75 Å². The average molecular weight is 230 g/mol. The SMILES string of the molecule is CCOCCOc1ccc(CN)c(Cl)c1. The third-order valence-electron chi connectivity index (χ3n) is 1.94. The molecule has 0 fully saturated rings. The van der Waals surface area contributed by atoms with Crippen LogP contribution in [0.4, 0.5) is 0 Å². The van der Waals surface area contributed by atoms with Crippen molar-refractivity contribution in [3.63, 3.8) is 0 Å². The molecule has 0 atom stereocenters. The van der Waals surface area contributed by atoms with E-state index in [0.717, 1.165) is 11.3 Å². The van der Waals surface area contributed by atoms with Crippen LogP contribution in [-0.4, -0.2) is 19.8 Å². The molecule has 0 heterocycles. The predicted octanol–water partition coefficient (Wildman–Crippen LogP) is 2.21. The highest BCUT2D eigenvalue weighted by atomic mass is 35.5. The maximum atomic E-state index is 5.98. The minimum Gasteiger partial charge on any atom is -0.491 e. The van der Waals surface area contributed by atoms with Crippen molar-refractivity contribution in [1.82, 2.24) is 0 Å². The number of nitrogens with two attached hydrogens (primary N) is 1. The lowest BCUT2D eigenvalue weighted by molar-refractivity contribution is 0.110. The van der Waals surface area contributed by atoms with E-state index in [2.05, 4.69) is 0 Å². The van der Waals surface area contributed by atoms with Gasteiger partial charge >= 0.3 is 0 Å². The van der Waals surface area contributed by atoms with E-state index in [1.54, 1.807) is 6.07 Å². The van der Waals surface area contributed by atoms with Gasteiger partial charge in [-0.15, -0.1) is 0 Å². The van der Waals surface area contributed by atoms with E-state index in [9.17, 15) is 0 Å². The largest absolute Gasteiger partial charge is 0.491 e. The lowest BCUT2D eigenvalue weighted by Gasteiger charge is -2.08. The molecule has 84 valence electrons. The van der Waals surface area contributed by atoms with Crippen molar-refractivity contribution in [1.29, 1.82) is 0 Å². The zero-order valence-electron chi connectivity index (χ0n) is 8.83. The Morgan fingerprint density at radius 3 is 2.73 bits per heavy atom. The summed E-state index contributed by atoms with van der Waals surface area (Å²) in [5, 5.41) is 0.645. The Morgan fingerprint density at radius 1 is 1.33 bits per heavy atom. The molecule has 1 aromatic rings. The van der Waals surface area contributed by atoms with Crippen LogP contribution in [-0.2, 0) is 11.3 Å². The van der Waals surface area contributed by atoms with Crippen LogP contribution in [0.15, 0.2) is 18.2 Å². The van der Waals surface area contributed by atoms with Crippen molar-refractivity contribution in [2.75, 3.05) is 19.8 Å². The van der Waals surface area contributed by atoms with Crippen molar-refractivity contribution < 1.29 is 9.47 Å². The quantitative estimate of drug-likeness (QED) is 0.761. The molecule has 0 unspecified atom stereocenters. The number of ether oxygens (including phenoxy) is 2. The Morgan fingerprint density at radius 2 is 2.13 bits per heavy atom. The Bertz CT molecular complexity index is 305. The van der Waals surface area contributed by atoms with Gasteiger partial charge in [-0.1, -0.05) is 17.7 Å². The van der Waals surface area contributed by atoms with Gasteiger partial charge in [0.15, 0.2) is 0 Å². The third-order valence-corrected chi connectivity index (χ3v) is 2.30. The number of hydrogen-bond donors (Lipinski definition) is 1. The van der Waals surface area contributed by atoms with Gasteiger partial charge < -0.3 is 15.2 Å². The molecular formula is C11H16ClNO2. The smallest absolute Gasteiger partial charge is 0.120 e. The maximum Gasteiger partial charge on any atom is 0.120 e. The van der Waals surface area contributed by atoms with Gasteiger partial charge in [0.1, 0.15) is 12.4 Å². The van der Waals surface area contributed by atoms with Crippen molar-refractivity contribution in [3.8, 4) is 5.75 Å². The van der Waals surface area contributed by atoms with Crippen LogP contribution in [0.2, 0.25) is 5.02 Å². The summed E-state index contributed by atoms with van der Waals surface area (Å²) >= 11 is 5.98. The average Bonchev–Trinajstić information content (AvgIpc) is 2.25. The van der Waals surface area contributed by atoms with Crippen LogP contribution >= 0.6 is 11.6 Å². The minimum absolute atomic E-state index is 0.443. The first kappa shape index (κ1) is 12.3. The fourth-order valence-corrected chi connectivity index (χ4v) is 1.39. The summed E-state index contributed by atoms with van der Waals surface area (Å²) < 4.78 is 10.6. The number of halogens is 1. The van der Waals surface area contributed by atoms with E-state index >= 15 is 0 Å². The standard InChI is InChI=1S/C11H16ClNO2/c1-2-14-5-6-15-10-4-3-9(8-13)11(12)7-10/h3-4,7H,2,5-6,8,13H2,1H3. The second kappa shape index (κ2) is 6.67. The summed E-state index contributed by atoms with van der Waals surface area (Å²) in [6.07, 6.45) is 0. The van der Waals surface area contributed by atoms with Gasteiger partial charge in [0.05, 0.1) is 6.61 Å². The third kappa shape index (κ3) is 4.08. The van der Waals surface area contributed by atoms with Crippen LogP contribution in [0, 0.1) is 0 Å². The minimum atomic E-state index is 0.443. The molecule has 0 bridgehead atoms. The van der Waals surface area contributed by atoms with Gasteiger partial charge in [0.2, 0.25) is 0 Å². The summed E-state index contributed by atoms with van der Waals surface area (Å²) in [7, 11) is 0. The van der Waals surface area contributed by atoms with E-state index < -0.39 is 0 Å². The van der Waals surface area contributed by atoms with Gasteiger partial charge in [-0.05, 0) is 24.6 Å². The van der Waals surface area contributed by atoms with Crippen LogP contribution in [0.3, 0.4) is 0 Å². The summed E-state index contributed by atoms with van der Waals surface area (Å²) in [5.74, 6) is 0.747. The topological polar surface area (TPSA) is 44.5 Å². The molecule has 0 aliphatic heterocycles. The zero-order valence-corrected chi connectivity index (χ0v) is 9.59. The maximum absolute atomic E-state index is 5.98. The van der Waals surface area contributed by atoms with Gasteiger partial charge in [-0.3, -0.25) is 0 Å². The Labute approximate surface area is 95.1 Å². The molecule has 0 aliphatic carbocycles. The molecule has 1 rings (SSSR count). The number of hydrogen-bond acceptors (Lipinski definition) is 3. The second-order valence-electron chi connectivity index (χ2n) is 3.00. The Balaban J connectivity index is 2.45. The molecule has 2 N–H and O–H groups in total. The Kier molecular flexibility index (Phi) is 5.47.